The van der Waals surface area contributed by atoms with Gasteiger partial charge in [0.2, 0.25) is 0 Å². The molecule has 6 aromatic carbocycles. The van der Waals surface area contributed by atoms with Crippen molar-refractivity contribution in [3.63, 3.8) is 0 Å². The molecule has 1 radical (unpaired) electrons. The quantitative estimate of drug-likeness (QED) is 0.113. The normalized spacial score (nSPS) is 12.6. The molecule has 1 unspecified atom stereocenters. The third-order valence-electron chi connectivity index (χ3n) is 10.8. The summed E-state index contributed by atoms with van der Waals surface area (Å²) >= 11 is 1.72. The van der Waals surface area contributed by atoms with Crippen LogP contribution in [0.2, 0.25) is 19.6 Å². The van der Waals surface area contributed by atoms with E-state index in [0.717, 1.165) is 70.9 Å². The molecule has 1 atom stereocenters. The number of aromatic nitrogens is 4. The van der Waals surface area contributed by atoms with Crippen LogP contribution >= 0.6 is 11.3 Å². The van der Waals surface area contributed by atoms with E-state index in [1.165, 1.54) is 21.9 Å². The van der Waals surface area contributed by atoms with Crippen LogP contribution in [0.1, 0.15) is 32.4 Å². The van der Waals surface area contributed by atoms with Gasteiger partial charge in [0, 0.05) is 40.4 Å². The Morgan fingerprint density at radius 2 is 1.43 bits per heavy atom. The van der Waals surface area contributed by atoms with Gasteiger partial charge in [-0.25, -0.2) is 4.98 Å². The number of para-hydroxylation sites is 2. The fourth-order valence-corrected chi connectivity index (χ4v) is 10.3. The van der Waals surface area contributed by atoms with Gasteiger partial charge in [0.1, 0.15) is 4.83 Å². The van der Waals surface area contributed by atoms with Crippen molar-refractivity contribution in [2.24, 2.45) is 0 Å². The first-order valence-corrected chi connectivity index (χ1v) is 24.7. The van der Waals surface area contributed by atoms with Crippen molar-refractivity contribution in [3.8, 4) is 39.5 Å². The average molecular weight is 1010 g/mol. The van der Waals surface area contributed by atoms with Gasteiger partial charge in [0.05, 0.1) is 24.9 Å². The predicted octanol–water partition coefficient (Wildman–Crippen LogP) is 13.7. The molecule has 0 saturated heterocycles. The van der Waals surface area contributed by atoms with Gasteiger partial charge in [-0.15, -0.1) is 54.1 Å². The molecule has 0 fully saturated rings. The van der Waals surface area contributed by atoms with Gasteiger partial charge in [0.15, 0.2) is 0 Å². The zero-order chi connectivity index (χ0) is 43.0. The molecule has 0 saturated carbocycles. The van der Waals surface area contributed by atoms with Crippen LogP contribution in [0.15, 0.2) is 170 Å². The van der Waals surface area contributed by atoms with Crippen LogP contribution in [0.4, 0.5) is 0 Å². The summed E-state index contributed by atoms with van der Waals surface area (Å²) in [5.41, 5.74) is 11.0. The first-order chi connectivity index (χ1) is 30.0. The second-order valence-electron chi connectivity index (χ2n) is 16.1. The number of fused-ring (bicyclic) bond motifs is 4. The molecule has 0 amide bonds. The zero-order valence-electron chi connectivity index (χ0n) is 36.8. The SMILES string of the molecule is Cc1ccc2c(n1)sc1c(-c3nc4ccccc4n3-c3ccc(-c4ccccc4)cc3)[c-]ccc12.[2H]C([2H])(c1cc(-c2[c-]cccc2)ncc1[Si](C)(C)C)C(C)c1ccccc1.[Ir]. The number of aryl methyl sites for hydroxylation is 1. The Hall–Kier alpha value is -5.82. The second kappa shape index (κ2) is 18.0. The van der Waals surface area contributed by atoms with Gasteiger partial charge in [-0.05, 0) is 87.2 Å². The predicted molar refractivity (Wildman–Crippen MR) is 256 cm³/mol. The van der Waals surface area contributed by atoms with E-state index >= 15 is 0 Å². The van der Waals surface area contributed by atoms with Crippen LogP contribution in [0, 0.1) is 19.1 Å². The standard InChI is InChI=1S/C31H20N3S.C23H26NSi.Ir/c1-20-14-19-25-24-10-7-11-26(29(24)35-31(25)32-20)30-33-27-12-5-6-13-28(27)34(30)23-17-15-22(16-18-23)21-8-3-2-4-9-21;1-18(19-11-7-5-8-12-19)15-21-16-22(20-13-9-6-10-14-20)24-17-23(21)25(2,3)4;/h2-10,12-19H,1H3;5-13,16-18H,15H2,1-4H3;/q2*-1;/i;15D2;. The third kappa shape index (κ3) is 8.84. The van der Waals surface area contributed by atoms with Crippen LogP contribution in [-0.2, 0) is 26.5 Å². The number of thiophene rings is 1. The molecule has 0 aliphatic heterocycles. The number of hydrogen-bond donors (Lipinski definition) is 0. The van der Waals surface area contributed by atoms with Gasteiger partial charge < -0.3 is 9.55 Å². The summed E-state index contributed by atoms with van der Waals surface area (Å²) in [5.74, 6) is 0.636. The average Bonchev–Trinajstić information content (AvgIpc) is 3.88. The number of rotatable bonds is 8. The largest absolute Gasteiger partial charge is 0.333 e. The summed E-state index contributed by atoms with van der Waals surface area (Å²) in [4.78, 5) is 15.6. The molecule has 0 aliphatic carbocycles. The Kier molecular flexibility index (Phi) is 11.6. The van der Waals surface area contributed by atoms with Gasteiger partial charge in [-0.2, -0.15) is 11.3 Å². The zero-order valence-corrected chi connectivity index (χ0v) is 39.0. The van der Waals surface area contributed by atoms with Crippen molar-refractivity contribution in [1.29, 1.82) is 0 Å². The smallest absolute Gasteiger partial charge is 0.113 e. The summed E-state index contributed by atoms with van der Waals surface area (Å²) in [6, 6.07) is 62.2. The number of nitrogens with zero attached hydrogens (tertiary/aromatic N) is 4. The Morgan fingerprint density at radius 1 is 0.721 bits per heavy atom. The molecule has 7 heteroatoms. The van der Waals surface area contributed by atoms with Gasteiger partial charge in [-0.1, -0.05) is 140 Å². The summed E-state index contributed by atoms with van der Waals surface area (Å²) < 4.78 is 21.5. The number of benzene rings is 6. The van der Waals surface area contributed by atoms with E-state index in [2.05, 4.69) is 126 Å². The molecule has 10 rings (SSSR count). The fourth-order valence-electron chi connectivity index (χ4n) is 7.70. The minimum Gasteiger partial charge on any atom is -0.333 e. The van der Waals surface area contributed by atoms with Gasteiger partial charge in [-0.3, -0.25) is 4.98 Å². The fraction of sp³-hybridized carbons (Fsp3) is 0.130. The molecule has 0 bridgehead atoms. The summed E-state index contributed by atoms with van der Waals surface area (Å²) in [6.45, 7) is 10.7. The van der Waals surface area contributed by atoms with Crippen molar-refractivity contribution in [2.75, 3.05) is 0 Å². The monoisotopic (exact) mass is 1010 g/mol. The number of hydrogen-bond acceptors (Lipinski definition) is 4. The van der Waals surface area contributed by atoms with Gasteiger partial charge >= 0.3 is 0 Å². The first kappa shape index (κ1) is 39.3. The summed E-state index contributed by atoms with van der Waals surface area (Å²) in [5, 5.41) is 3.46. The topological polar surface area (TPSA) is 43.6 Å². The minimum atomic E-state index is -1.77. The second-order valence-corrected chi connectivity index (χ2v) is 22.1. The van der Waals surface area contributed by atoms with Crippen molar-refractivity contribution in [2.45, 2.75) is 45.8 Å². The summed E-state index contributed by atoms with van der Waals surface area (Å²) in [6.07, 6.45) is 0.400. The molecule has 303 valence electrons. The van der Waals surface area contributed by atoms with E-state index in [4.69, 9.17) is 12.7 Å². The molecule has 0 N–H and O–H groups in total. The van der Waals surface area contributed by atoms with Gasteiger partial charge in [0.25, 0.3) is 0 Å². The van der Waals surface area contributed by atoms with E-state index in [9.17, 15) is 0 Å². The maximum absolute atomic E-state index is 9.04. The van der Waals surface area contributed by atoms with Crippen LogP contribution in [0.25, 0.3) is 70.8 Å². The molecule has 4 heterocycles. The van der Waals surface area contributed by atoms with Crippen LogP contribution in [0.3, 0.4) is 0 Å². The Labute approximate surface area is 380 Å². The molecule has 4 aromatic heterocycles. The van der Waals surface area contributed by atoms with Crippen LogP contribution in [-0.4, -0.2) is 27.6 Å². The molecule has 0 aliphatic rings. The van der Waals surface area contributed by atoms with E-state index < -0.39 is 14.4 Å². The summed E-state index contributed by atoms with van der Waals surface area (Å²) in [7, 11) is -1.77. The van der Waals surface area contributed by atoms with Crippen molar-refractivity contribution < 1.29 is 22.8 Å². The van der Waals surface area contributed by atoms with E-state index in [1.807, 2.05) is 98.9 Å². The van der Waals surface area contributed by atoms with Crippen molar-refractivity contribution >= 4 is 55.9 Å². The molecule has 0 spiro atoms. The number of imidazole rings is 1. The molecular formula is C54H46IrN4SSi-2. The Morgan fingerprint density at radius 3 is 2.16 bits per heavy atom. The third-order valence-corrected chi connectivity index (χ3v) is 14.0. The maximum atomic E-state index is 9.04. The van der Waals surface area contributed by atoms with Crippen LogP contribution in [0.5, 0.6) is 0 Å². The Bertz CT molecular complexity index is 3170. The van der Waals surface area contributed by atoms with E-state index in [1.54, 1.807) is 11.3 Å². The minimum absolute atomic E-state index is 0. The molecular weight excluding hydrogens is 957 g/mol. The maximum Gasteiger partial charge on any atom is 0.113 e. The molecule has 10 aromatic rings. The van der Waals surface area contributed by atoms with E-state index in [0.29, 0.717) is 0 Å². The first-order valence-electron chi connectivity index (χ1n) is 21.3. The molecule has 61 heavy (non-hydrogen) atoms. The Balaban J connectivity index is 0.000000177. The van der Waals surface area contributed by atoms with E-state index in [-0.39, 0.29) is 26.0 Å². The number of pyridine rings is 2. The van der Waals surface area contributed by atoms with Crippen molar-refractivity contribution in [3.05, 3.63) is 199 Å². The van der Waals surface area contributed by atoms with Crippen molar-refractivity contribution in [1.82, 2.24) is 19.5 Å². The molecule has 4 nitrogen and oxygen atoms in total. The van der Waals surface area contributed by atoms with Crippen LogP contribution < -0.4 is 5.19 Å².